The van der Waals surface area contributed by atoms with Crippen molar-refractivity contribution in [3.63, 3.8) is 0 Å². The van der Waals surface area contributed by atoms with Crippen LogP contribution in [0.5, 0.6) is 0 Å². The van der Waals surface area contributed by atoms with Gasteiger partial charge < -0.3 is 9.42 Å². The number of carbonyl (C=O) groups excluding carboxylic acids is 1. The number of amides is 1. The van der Waals surface area contributed by atoms with E-state index in [2.05, 4.69) is 10.1 Å². The summed E-state index contributed by atoms with van der Waals surface area (Å²) in [4.78, 5) is 23.0. The Balaban J connectivity index is 1.25. The van der Waals surface area contributed by atoms with Gasteiger partial charge in [-0.3, -0.25) is 9.69 Å². The average molecular weight is 463 g/mol. The van der Waals surface area contributed by atoms with Gasteiger partial charge in [0, 0.05) is 49.1 Å². The molecule has 174 valence electrons. The van der Waals surface area contributed by atoms with E-state index in [1.54, 1.807) is 0 Å². The number of fused-ring (bicyclic) bond motifs is 2. The van der Waals surface area contributed by atoms with Crippen LogP contribution in [0.2, 0.25) is 0 Å². The number of hydrogen-bond acceptors (Lipinski definition) is 5. The molecule has 1 fully saturated rings. The van der Waals surface area contributed by atoms with Crippen LogP contribution >= 0.6 is 0 Å². The molecule has 1 aliphatic heterocycles. The van der Waals surface area contributed by atoms with E-state index in [0.717, 1.165) is 57.5 Å². The van der Waals surface area contributed by atoms with Crippen LogP contribution in [0.25, 0.3) is 33.1 Å². The van der Waals surface area contributed by atoms with Crippen molar-refractivity contribution in [2.45, 2.75) is 13.5 Å². The SMILES string of the molecule is Cc1cccc2c(C(=O)N3CCN(Cc4noc5ccccc45)CC3)cc(-c3ccccc3)nc12. The first-order chi connectivity index (χ1) is 17.2. The molecule has 0 saturated carbocycles. The van der Waals surface area contributed by atoms with E-state index < -0.39 is 0 Å². The normalized spacial score (nSPS) is 14.6. The van der Waals surface area contributed by atoms with Crippen molar-refractivity contribution in [1.29, 1.82) is 0 Å². The number of piperazine rings is 1. The molecule has 0 atom stereocenters. The molecule has 1 amide bonds. The van der Waals surface area contributed by atoms with Crippen molar-refractivity contribution in [3.05, 3.63) is 95.7 Å². The Kier molecular flexibility index (Phi) is 5.51. The van der Waals surface area contributed by atoms with Crippen LogP contribution in [0.1, 0.15) is 21.6 Å². The van der Waals surface area contributed by atoms with Crippen LogP contribution in [0.15, 0.2) is 83.4 Å². The lowest BCUT2D eigenvalue weighted by molar-refractivity contribution is 0.0628. The van der Waals surface area contributed by atoms with Crippen molar-refractivity contribution in [3.8, 4) is 11.3 Å². The highest BCUT2D eigenvalue weighted by molar-refractivity contribution is 6.07. The smallest absolute Gasteiger partial charge is 0.254 e. The lowest BCUT2D eigenvalue weighted by Gasteiger charge is -2.34. The Morgan fingerprint density at radius 2 is 1.63 bits per heavy atom. The molecule has 0 N–H and O–H groups in total. The van der Waals surface area contributed by atoms with Gasteiger partial charge in [-0.1, -0.05) is 65.8 Å². The summed E-state index contributed by atoms with van der Waals surface area (Å²) < 4.78 is 5.46. The van der Waals surface area contributed by atoms with Crippen LogP contribution in [0.3, 0.4) is 0 Å². The van der Waals surface area contributed by atoms with E-state index in [0.29, 0.717) is 25.2 Å². The zero-order valence-electron chi connectivity index (χ0n) is 19.6. The van der Waals surface area contributed by atoms with Crippen molar-refractivity contribution >= 4 is 27.8 Å². The summed E-state index contributed by atoms with van der Waals surface area (Å²) in [7, 11) is 0. The number of rotatable bonds is 4. The standard InChI is InChI=1S/C29H26N4O2/c1-20-8-7-12-22-24(18-25(30-28(20)22)21-9-3-2-4-10-21)29(34)33-16-14-32(15-17-33)19-26-23-11-5-6-13-27(23)35-31-26/h2-13,18H,14-17,19H2,1H3. The van der Waals surface area contributed by atoms with Gasteiger partial charge in [0.1, 0.15) is 5.69 Å². The molecule has 1 saturated heterocycles. The minimum atomic E-state index is 0.0618. The van der Waals surface area contributed by atoms with Gasteiger partial charge in [0.2, 0.25) is 0 Å². The first-order valence-corrected chi connectivity index (χ1v) is 12.0. The highest BCUT2D eigenvalue weighted by Gasteiger charge is 2.25. The molecule has 0 spiro atoms. The van der Waals surface area contributed by atoms with Gasteiger partial charge in [0.05, 0.1) is 16.8 Å². The fourth-order valence-corrected chi connectivity index (χ4v) is 4.87. The van der Waals surface area contributed by atoms with Gasteiger partial charge in [-0.05, 0) is 30.7 Å². The predicted octanol–water partition coefficient (Wildman–Crippen LogP) is 5.31. The Morgan fingerprint density at radius 3 is 2.46 bits per heavy atom. The molecule has 0 bridgehead atoms. The monoisotopic (exact) mass is 462 g/mol. The highest BCUT2D eigenvalue weighted by atomic mass is 16.5. The van der Waals surface area contributed by atoms with Gasteiger partial charge in [-0.25, -0.2) is 4.98 Å². The van der Waals surface area contributed by atoms with Crippen molar-refractivity contribution in [2.24, 2.45) is 0 Å². The van der Waals surface area contributed by atoms with Gasteiger partial charge in [0.15, 0.2) is 5.58 Å². The summed E-state index contributed by atoms with van der Waals surface area (Å²) in [5, 5.41) is 6.23. The second-order valence-electron chi connectivity index (χ2n) is 9.09. The molecule has 3 aromatic carbocycles. The van der Waals surface area contributed by atoms with E-state index in [-0.39, 0.29) is 5.91 Å². The minimum absolute atomic E-state index is 0.0618. The molecule has 3 heterocycles. The van der Waals surface area contributed by atoms with Gasteiger partial charge in [-0.2, -0.15) is 0 Å². The maximum Gasteiger partial charge on any atom is 0.254 e. The van der Waals surface area contributed by atoms with Crippen LogP contribution in [0, 0.1) is 6.92 Å². The number of nitrogens with zero attached hydrogens (tertiary/aromatic N) is 4. The first kappa shape index (κ1) is 21.5. The predicted molar refractivity (Wildman–Crippen MR) is 137 cm³/mol. The van der Waals surface area contributed by atoms with E-state index in [4.69, 9.17) is 9.51 Å². The summed E-state index contributed by atoms with van der Waals surface area (Å²) in [6, 6.07) is 26.0. The molecular weight excluding hydrogens is 436 g/mol. The van der Waals surface area contributed by atoms with E-state index >= 15 is 0 Å². The third kappa shape index (κ3) is 4.06. The number of benzene rings is 3. The van der Waals surface area contributed by atoms with Crippen LogP contribution in [-0.4, -0.2) is 52.0 Å². The molecule has 1 aliphatic rings. The third-order valence-corrected chi connectivity index (χ3v) is 6.83. The summed E-state index contributed by atoms with van der Waals surface area (Å²) in [5.41, 5.74) is 6.26. The van der Waals surface area contributed by atoms with E-state index in [1.165, 1.54) is 0 Å². The fraction of sp³-hybridized carbons (Fsp3) is 0.207. The number of aryl methyl sites for hydroxylation is 1. The summed E-state index contributed by atoms with van der Waals surface area (Å²) in [5.74, 6) is 0.0618. The molecule has 0 aliphatic carbocycles. The van der Waals surface area contributed by atoms with Crippen molar-refractivity contribution in [2.75, 3.05) is 26.2 Å². The molecular formula is C29H26N4O2. The summed E-state index contributed by atoms with van der Waals surface area (Å²) >= 11 is 0. The first-order valence-electron chi connectivity index (χ1n) is 12.0. The lowest BCUT2D eigenvalue weighted by Crippen LogP contribution is -2.48. The number of aromatic nitrogens is 2. The van der Waals surface area contributed by atoms with Crippen LogP contribution in [-0.2, 0) is 6.54 Å². The largest absolute Gasteiger partial charge is 0.356 e. The van der Waals surface area contributed by atoms with Crippen molar-refractivity contribution in [1.82, 2.24) is 19.9 Å². The van der Waals surface area contributed by atoms with E-state index in [1.807, 2.05) is 90.7 Å². The zero-order chi connectivity index (χ0) is 23.8. The number of para-hydroxylation sites is 2. The second kappa shape index (κ2) is 8.96. The third-order valence-electron chi connectivity index (χ3n) is 6.83. The minimum Gasteiger partial charge on any atom is -0.356 e. The van der Waals surface area contributed by atoms with Gasteiger partial charge >= 0.3 is 0 Å². The molecule has 35 heavy (non-hydrogen) atoms. The van der Waals surface area contributed by atoms with Gasteiger partial charge in [-0.15, -0.1) is 0 Å². The Labute approximate surface area is 203 Å². The maximum absolute atomic E-state index is 13.8. The lowest BCUT2D eigenvalue weighted by atomic mass is 10.0. The molecule has 0 unspecified atom stereocenters. The molecule has 0 radical (unpaired) electrons. The Bertz CT molecular complexity index is 1520. The van der Waals surface area contributed by atoms with Crippen LogP contribution < -0.4 is 0 Å². The average Bonchev–Trinajstić information content (AvgIpc) is 3.32. The molecule has 6 rings (SSSR count). The Morgan fingerprint density at radius 1 is 0.886 bits per heavy atom. The topological polar surface area (TPSA) is 62.5 Å². The Hall–Kier alpha value is -4.03. The number of hydrogen-bond donors (Lipinski definition) is 0. The van der Waals surface area contributed by atoms with Crippen molar-refractivity contribution < 1.29 is 9.32 Å². The maximum atomic E-state index is 13.8. The quantitative estimate of drug-likeness (QED) is 0.362. The molecule has 2 aromatic heterocycles. The van der Waals surface area contributed by atoms with Crippen LogP contribution in [0.4, 0.5) is 0 Å². The summed E-state index contributed by atoms with van der Waals surface area (Å²) in [6.45, 7) is 5.69. The number of carbonyl (C=O) groups is 1. The highest BCUT2D eigenvalue weighted by Crippen LogP contribution is 2.28. The summed E-state index contributed by atoms with van der Waals surface area (Å²) in [6.07, 6.45) is 0. The molecule has 5 aromatic rings. The van der Waals surface area contributed by atoms with E-state index in [9.17, 15) is 4.79 Å². The fourth-order valence-electron chi connectivity index (χ4n) is 4.87. The molecule has 6 nitrogen and oxygen atoms in total. The number of pyridine rings is 1. The van der Waals surface area contributed by atoms with Gasteiger partial charge in [0.25, 0.3) is 5.91 Å². The zero-order valence-corrected chi connectivity index (χ0v) is 19.6. The molecule has 6 heteroatoms. The second-order valence-corrected chi connectivity index (χ2v) is 9.09.